The highest BCUT2D eigenvalue weighted by Gasteiger charge is 2.52. The van der Waals surface area contributed by atoms with Gasteiger partial charge in [-0.25, -0.2) is 0 Å². The molecule has 2 saturated heterocycles. The molecule has 3 aliphatic rings. The number of thioether (sulfide) groups is 1. The van der Waals surface area contributed by atoms with E-state index in [9.17, 15) is 9.59 Å². The van der Waals surface area contributed by atoms with Crippen LogP contribution in [0.4, 0.5) is 0 Å². The molecule has 1 aliphatic carbocycles. The monoisotopic (exact) mass is 310 g/mol. The van der Waals surface area contributed by atoms with E-state index in [0.29, 0.717) is 12.5 Å². The molecule has 2 aliphatic heterocycles. The molecular formula is C16H26N2O2S. The topological polar surface area (TPSA) is 49.4 Å². The third-order valence-corrected chi connectivity index (χ3v) is 6.70. The molecule has 0 aromatic carbocycles. The maximum Gasteiger partial charge on any atom is 0.243 e. The summed E-state index contributed by atoms with van der Waals surface area (Å²) in [6.45, 7) is 2.10. The summed E-state index contributed by atoms with van der Waals surface area (Å²) in [7, 11) is 0. The van der Waals surface area contributed by atoms with Crippen molar-refractivity contribution in [1.82, 2.24) is 10.2 Å². The van der Waals surface area contributed by atoms with E-state index in [-0.39, 0.29) is 22.7 Å². The highest BCUT2D eigenvalue weighted by Crippen LogP contribution is 2.47. The lowest BCUT2D eigenvalue weighted by Crippen LogP contribution is -2.52. The van der Waals surface area contributed by atoms with Gasteiger partial charge >= 0.3 is 0 Å². The first-order valence-corrected chi connectivity index (χ1v) is 9.35. The molecule has 118 valence electrons. The zero-order chi connectivity index (χ0) is 14.9. The Morgan fingerprint density at radius 1 is 1.24 bits per heavy atom. The molecule has 3 fully saturated rings. The first kappa shape index (κ1) is 15.2. The van der Waals surface area contributed by atoms with E-state index in [4.69, 9.17) is 0 Å². The van der Waals surface area contributed by atoms with E-state index in [1.165, 1.54) is 32.1 Å². The number of fused-ring (bicyclic) bond motifs is 1. The van der Waals surface area contributed by atoms with Crippen molar-refractivity contribution in [2.45, 2.75) is 81.7 Å². The van der Waals surface area contributed by atoms with Crippen LogP contribution < -0.4 is 5.32 Å². The number of hydrogen-bond acceptors (Lipinski definition) is 3. The quantitative estimate of drug-likeness (QED) is 0.853. The number of nitrogens with one attached hydrogen (secondary N) is 1. The maximum atomic E-state index is 12.6. The van der Waals surface area contributed by atoms with Gasteiger partial charge in [-0.1, -0.05) is 32.1 Å². The fraction of sp³-hybridized carbons (Fsp3) is 0.875. The Bertz CT molecular complexity index is 421. The Morgan fingerprint density at radius 3 is 2.62 bits per heavy atom. The van der Waals surface area contributed by atoms with Crippen LogP contribution in [0.15, 0.2) is 0 Å². The summed E-state index contributed by atoms with van der Waals surface area (Å²) in [4.78, 5) is 26.4. The second-order valence-corrected chi connectivity index (χ2v) is 8.32. The number of carbonyl (C=O) groups excluding carboxylic acids is 2. The summed E-state index contributed by atoms with van der Waals surface area (Å²) in [5.74, 6) is 0.980. The fourth-order valence-electron chi connectivity index (χ4n) is 3.91. The minimum Gasteiger partial charge on any atom is -0.352 e. The van der Waals surface area contributed by atoms with E-state index in [1.54, 1.807) is 11.8 Å². The van der Waals surface area contributed by atoms with Crippen LogP contribution in [-0.4, -0.2) is 39.4 Å². The van der Waals surface area contributed by atoms with Crippen LogP contribution in [-0.2, 0) is 9.59 Å². The number of amides is 2. The normalized spacial score (nSPS) is 34.4. The van der Waals surface area contributed by atoms with Crippen LogP contribution in [0.1, 0.15) is 64.7 Å². The summed E-state index contributed by atoms with van der Waals surface area (Å²) in [5.41, 5.74) is 0. The molecule has 1 N–H and O–H groups in total. The molecule has 5 heteroatoms. The van der Waals surface area contributed by atoms with Crippen LogP contribution in [0, 0.1) is 0 Å². The van der Waals surface area contributed by atoms with Crippen LogP contribution in [0.5, 0.6) is 0 Å². The molecule has 0 aromatic heterocycles. The minimum absolute atomic E-state index is 0.0760. The summed E-state index contributed by atoms with van der Waals surface area (Å²) in [6, 6.07) is 0.0628. The van der Waals surface area contributed by atoms with Crippen molar-refractivity contribution < 1.29 is 9.59 Å². The summed E-state index contributed by atoms with van der Waals surface area (Å²) < 4.78 is 0. The highest BCUT2D eigenvalue weighted by atomic mass is 32.2. The molecule has 2 atom stereocenters. The van der Waals surface area contributed by atoms with Crippen molar-refractivity contribution in [3.63, 3.8) is 0 Å². The second kappa shape index (κ2) is 6.19. The largest absolute Gasteiger partial charge is 0.352 e. The standard InChI is InChI=1S/C16H26N2O2S/c1-16-10-9-14(19)18(16)13(11-21-16)15(20)17-12-7-5-3-2-4-6-8-12/h12-13H,2-11H2,1H3,(H,17,20)/t13-,16+/m0/s1. The summed E-state index contributed by atoms with van der Waals surface area (Å²) in [5, 5.41) is 3.23. The van der Waals surface area contributed by atoms with Crippen LogP contribution >= 0.6 is 11.8 Å². The number of carbonyl (C=O) groups is 2. The molecule has 0 bridgehead atoms. The van der Waals surface area contributed by atoms with E-state index in [0.717, 1.165) is 25.0 Å². The van der Waals surface area contributed by atoms with Gasteiger partial charge in [-0.15, -0.1) is 11.8 Å². The Morgan fingerprint density at radius 2 is 1.90 bits per heavy atom. The molecular weight excluding hydrogens is 284 g/mol. The molecule has 3 rings (SSSR count). The average molecular weight is 310 g/mol. The Balaban J connectivity index is 1.61. The van der Waals surface area contributed by atoms with E-state index in [2.05, 4.69) is 12.2 Å². The smallest absolute Gasteiger partial charge is 0.243 e. The van der Waals surface area contributed by atoms with Gasteiger partial charge in [-0.2, -0.15) is 0 Å². The van der Waals surface area contributed by atoms with Crippen LogP contribution in [0.3, 0.4) is 0 Å². The fourth-order valence-corrected chi connectivity index (χ4v) is 5.34. The number of nitrogens with zero attached hydrogens (tertiary/aromatic N) is 1. The van der Waals surface area contributed by atoms with Gasteiger partial charge in [-0.05, 0) is 26.2 Å². The highest BCUT2D eigenvalue weighted by molar-refractivity contribution is 8.01. The molecule has 2 heterocycles. The molecule has 0 aromatic rings. The molecule has 0 spiro atoms. The van der Waals surface area contributed by atoms with Gasteiger partial charge in [0.05, 0.1) is 4.87 Å². The van der Waals surface area contributed by atoms with Gasteiger partial charge in [0.1, 0.15) is 6.04 Å². The molecule has 2 amide bonds. The molecule has 21 heavy (non-hydrogen) atoms. The van der Waals surface area contributed by atoms with Crippen molar-refractivity contribution in [2.24, 2.45) is 0 Å². The lowest BCUT2D eigenvalue weighted by molar-refractivity contribution is -0.138. The van der Waals surface area contributed by atoms with Gasteiger partial charge in [-0.3, -0.25) is 9.59 Å². The van der Waals surface area contributed by atoms with Crippen molar-refractivity contribution in [2.75, 3.05) is 5.75 Å². The Kier molecular flexibility index (Phi) is 4.48. The van der Waals surface area contributed by atoms with Crippen LogP contribution in [0.25, 0.3) is 0 Å². The van der Waals surface area contributed by atoms with E-state index < -0.39 is 0 Å². The number of hydrogen-bond donors (Lipinski definition) is 1. The molecule has 4 nitrogen and oxygen atoms in total. The number of rotatable bonds is 2. The van der Waals surface area contributed by atoms with Crippen molar-refractivity contribution in [1.29, 1.82) is 0 Å². The van der Waals surface area contributed by atoms with Gasteiger partial charge in [0.15, 0.2) is 0 Å². The second-order valence-electron chi connectivity index (χ2n) is 6.82. The van der Waals surface area contributed by atoms with Crippen molar-refractivity contribution >= 4 is 23.6 Å². The third-order valence-electron chi connectivity index (χ3n) is 5.20. The predicted molar refractivity (Wildman–Crippen MR) is 85.0 cm³/mol. The average Bonchev–Trinajstić information content (AvgIpc) is 2.90. The SMILES string of the molecule is C[C@@]12CCC(=O)N1[C@H](C(=O)NC1CCCCCCC1)CS2. The maximum absolute atomic E-state index is 12.6. The summed E-state index contributed by atoms with van der Waals surface area (Å²) >= 11 is 1.77. The minimum atomic E-state index is -0.250. The van der Waals surface area contributed by atoms with Gasteiger partial charge < -0.3 is 10.2 Å². The zero-order valence-electron chi connectivity index (χ0n) is 12.9. The van der Waals surface area contributed by atoms with Gasteiger partial charge in [0.2, 0.25) is 11.8 Å². The lowest BCUT2D eigenvalue weighted by Gasteiger charge is -2.31. The summed E-state index contributed by atoms with van der Waals surface area (Å²) in [6.07, 6.45) is 9.99. The van der Waals surface area contributed by atoms with Crippen molar-refractivity contribution in [3.8, 4) is 0 Å². The van der Waals surface area contributed by atoms with Crippen LogP contribution in [0.2, 0.25) is 0 Å². The third kappa shape index (κ3) is 3.08. The first-order valence-electron chi connectivity index (χ1n) is 8.37. The Hall–Kier alpha value is -0.710. The lowest BCUT2D eigenvalue weighted by atomic mass is 9.96. The van der Waals surface area contributed by atoms with E-state index >= 15 is 0 Å². The molecule has 1 saturated carbocycles. The van der Waals surface area contributed by atoms with Gasteiger partial charge in [0, 0.05) is 18.2 Å². The van der Waals surface area contributed by atoms with E-state index in [1.807, 2.05) is 4.90 Å². The molecule has 0 unspecified atom stereocenters. The van der Waals surface area contributed by atoms with Crippen molar-refractivity contribution in [3.05, 3.63) is 0 Å². The predicted octanol–water partition coefficient (Wildman–Crippen LogP) is 2.67. The zero-order valence-corrected chi connectivity index (χ0v) is 13.7. The first-order chi connectivity index (χ1) is 10.1. The van der Waals surface area contributed by atoms with Gasteiger partial charge in [0.25, 0.3) is 0 Å². The Labute approximate surface area is 131 Å². The molecule has 0 radical (unpaired) electrons.